The van der Waals surface area contributed by atoms with E-state index in [2.05, 4.69) is 5.16 Å². The molecule has 0 aromatic carbocycles. The van der Waals surface area contributed by atoms with Crippen molar-refractivity contribution >= 4 is 17.2 Å². The summed E-state index contributed by atoms with van der Waals surface area (Å²) in [6, 6.07) is 5.81. The van der Waals surface area contributed by atoms with Crippen LogP contribution in [-0.2, 0) is 16.1 Å². The van der Waals surface area contributed by atoms with Crippen molar-refractivity contribution in [3.8, 4) is 10.6 Å². The molecular formula is C15H18N2O3S. The number of hydrogen-bond acceptors (Lipinski definition) is 5. The van der Waals surface area contributed by atoms with Gasteiger partial charge in [0.05, 0.1) is 11.5 Å². The number of ether oxygens (including phenoxy) is 1. The Labute approximate surface area is 127 Å². The zero-order valence-electron chi connectivity index (χ0n) is 11.8. The molecule has 5 nitrogen and oxygen atoms in total. The lowest BCUT2D eigenvalue weighted by Crippen LogP contribution is -2.37. The average Bonchev–Trinajstić information content (AvgIpc) is 3.19. The van der Waals surface area contributed by atoms with Gasteiger partial charge in [-0.25, -0.2) is 0 Å². The normalized spacial score (nSPS) is 15.3. The van der Waals surface area contributed by atoms with Gasteiger partial charge in [0, 0.05) is 19.2 Å². The van der Waals surface area contributed by atoms with Crippen LogP contribution in [0.25, 0.3) is 10.6 Å². The molecular weight excluding hydrogens is 288 g/mol. The third kappa shape index (κ3) is 3.71. The Morgan fingerprint density at radius 3 is 3.00 bits per heavy atom. The molecule has 0 unspecified atom stereocenters. The van der Waals surface area contributed by atoms with Crippen LogP contribution in [0, 0.1) is 0 Å². The molecule has 0 atom stereocenters. The molecule has 0 aliphatic carbocycles. The minimum atomic E-state index is 0.0664. The molecule has 1 saturated heterocycles. The summed E-state index contributed by atoms with van der Waals surface area (Å²) in [7, 11) is 0. The van der Waals surface area contributed by atoms with E-state index in [9.17, 15) is 4.79 Å². The molecule has 21 heavy (non-hydrogen) atoms. The number of hydrogen-bond donors (Lipinski definition) is 0. The van der Waals surface area contributed by atoms with Gasteiger partial charge in [-0.05, 0) is 30.7 Å². The van der Waals surface area contributed by atoms with Gasteiger partial charge >= 0.3 is 0 Å². The largest absolute Gasteiger partial charge is 0.365 e. The van der Waals surface area contributed by atoms with E-state index in [1.165, 1.54) is 6.42 Å². The molecule has 1 aliphatic heterocycles. The second-order valence-electron chi connectivity index (χ2n) is 5.09. The van der Waals surface area contributed by atoms with Crippen LogP contribution in [0.4, 0.5) is 0 Å². The lowest BCUT2D eigenvalue weighted by molar-refractivity contribution is -0.137. The highest BCUT2D eigenvalue weighted by Gasteiger charge is 2.16. The van der Waals surface area contributed by atoms with Crippen LogP contribution in [0.3, 0.4) is 0 Å². The number of aromatic nitrogens is 1. The Morgan fingerprint density at radius 2 is 2.24 bits per heavy atom. The van der Waals surface area contributed by atoms with Gasteiger partial charge in [-0.15, -0.1) is 11.3 Å². The first kappa shape index (κ1) is 14.3. The lowest BCUT2D eigenvalue weighted by atomic mass is 10.1. The zero-order valence-corrected chi connectivity index (χ0v) is 12.6. The molecule has 0 bridgehead atoms. The van der Waals surface area contributed by atoms with E-state index < -0.39 is 0 Å². The highest BCUT2D eigenvalue weighted by atomic mass is 32.1. The van der Waals surface area contributed by atoms with Gasteiger partial charge < -0.3 is 14.2 Å². The maximum Gasteiger partial charge on any atom is 0.248 e. The second-order valence-corrected chi connectivity index (χ2v) is 6.04. The first-order valence-electron chi connectivity index (χ1n) is 7.18. The van der Waals surface area contributed by atoms with Crippen molar-refractivity contribution in [1.82, 2.24) is 10.1 Å². The maximum absolute atomic E-state index is 11.9. The van der Waals surface area contributed by atoms with E-state index in [4.69, 9.17) is 9.26 Å². The zero-order chi connectivity index (χ0) is 14.5. The van der Waals surface area contributed by atoms with Gasteiger partial charge in [-0.1, -0.05) is 11.2 Å². The van der Waals surface area contributed by atoms with Crippen LogP contribution in [0.5, 0.6) is 0 Å². The van der Waals surface area contributed by atoms with Gasteiger partial charge in [-0.3, -0.25) is 4.79 Å². The number of piperidine rings is 1. The first-order chi connectivity index (χ1) is 10.3. The maximum atomic E-state index is 11.9. The van der Waals surface area contributed by atoms with Gasteiger partial charge in [0.2, 0.25) is 5.91 Å². The SMILES string of the molecule is O=C(COCc1cc(-c2cccs2)on1)N1CCCCC1. The molecule has 0 spiro atoms. The predicted molar refractivity (Wildman–Crippen MR) is 79.9 cm³/mol. The molecule has 1 aliphatic rings. The van der Waals surface area contributed by atoms with E-state index in [0.29, 0.717) is 12.3 Å². The topological polar surface area (TPSA) is 55.6 Å². The fourth-order valence-corrected chi connectivity index (χ4v) is 3.07. The highest BCUT2D eigenvalue weighted by Crippen LogP contribution is 2.25. The van der Waals surface area contributed by atoms with E-state index in [1.807, 2.05) is 28.5 Å². The third-order valence-electron chi connectivity index (χ3n) is 3.51. The Kier molecular flexibility index (Phi) is 4.67. The van der Waals surface area contributed by atoms with Crippen molar-refractivity contribution in [3.05, 3.63) is 29.3 Å². The van der Waals surface area contributed by atoms with Crippen molar-refractivity contribution in [2.45, 2.75) is 25.9 Å². The summed E-state index contributed by atoms with van der Waals surface area (Å²) in [4.78, 5) is 14.9. The summed E-state index contributed by atoms with van der Waals surface area (Å²) in [5.41, 5.74) is 0.713. The fourth-order valence-electron chi connectivity index (χ4n) is 2.39. The third-order valence-corrected chi connectivity index (χ3v) is 4.39. The minimum absolute atomic E-state index is 0.0664. The first-order valence-corrected chi connectivity index (χ1v) is 8.06. The Morgan fingerprint density at radius 1 is 1.38 bits per heavy atom. The van der Waals surface area contributed by atoms with Gasteiger partial charge in [0.25, 0.3) is 0 Å². The van der Waals surface area contributed by atoms with Crippen LogP contribution in [0.15, 0.2) is 28.1 Å². The molecule has 112 valence electrons. The summed E-state index contributed by atoms with van der Waals surface area (Å²) in [6.45, 7) is 2.12. The van der Waals surface area contributed by atoms with Gasteiger partial charge in [0.15, 0.2) is 5.76 Å². The number of rotatable bonds is 5. The second kappa shape index (κ2) is 6.87. The summed E-state index contributed by atoms with van der Waals surface area (Å²) in [6.07, 6.45) is 3.41. The molecule has 2 aromatic heterocycles. The fraction of sp³-hybridized carbons (Fsp3) is 0.467. The van der Waals surface area contributed by atoms with E-state index in [0.717, 1.165) is 36.6 Å². The molecule has 0 radical (unpaired) electrons. The quantitative estimate of drug-likeness (QED) is 0.852. The molecule has 1 amide bonds. The molecule has 2 aromatic rings. The number of amides is 1. The van der Waals surface area contributed by atoms with E-state index in [-0.39, 0.29) is 12.5 Å². The number of likely N-dealkylation sites (tertiary alicyclic amines) is 1. The number of carbonyl (C=O) groups excluding carboxylic acids is 1. The Bertz CT molecular complexity index is 574. The van der Waals surface area contributed by atoms with Crippen molar-refractivity contribution in [2.75, 3.05) is 19.7 Å². The number of thiophene rings is 1. The summed E-state index contributed by atoms with van der Waals surface area (Å²) in [5.74, 6) is 0.808. The Hall–Kier alpha value is -1.66. The molecule has 0 N–H and O–H groups in total. The summed E-state index contributed by atoms with van der Waals surface area (Å²) >= 11 is 1.60. The van der Waals surface area contributed by atoms with Crippen LogP contribution >= 0.6 is 11.3 Å². The Balaban J connectivity index is 1.46. The van der Waals surface area contributed by atoms with Crippen LogP contribution in [0.1, 0.15) is 25.0 Å². The van der Waals surface area contributed by atoms with Crippen molar-refractivity contribution in [1.29, 1.82) is 0 Å². The lowest BCUT2D eigenvalue weighted by Gasteiger charge is -2.26. The predicted octanol–water partition coefficient (Wildman–Crippen LogP) is 2.93. The van der Waals surface area contributed by atoms with Crippen molar-refractivity contribution in [3.63, 3.8) is 0 Å². The standard InChI is InChI=1S/C15H18N2O3S/c18-15(17-6-2-1-3-7-17)11-19-10-12-9-13(20-16-12)14-5-4-8-21-14/h4-5,8-9H,1-3,6-7,10-11H2. The summed E-state index contributed by atoms with van der Waals surface area (Å²) in [5, 5.41) is 5.95. The monoisotopic (exact) mass is 306 g/mol. The molecule has 6 heteroatoms. The summed E-state index contributed by atoms with van der Waals surface area (Å²) < 4.78 is 10.7. The molecule has 3 rings (SSSR count). The van der Waals surface area contributed by atoms with Crippen molar-refractivity contribution in [2.24, 2.45) is 0 Å². The van der Waals surface area contributed by atoms with E-state index in [1.54, 1.807) is 11.3 Å². The molecule has 0 saturated carbocycles. The van der Waals surface area contributed by atoms with Crippen LogP contribution < -0.4 is 0 Å². The highest BCUT2D eigenvalue weighted by molar-refractivity contribution is 7.13. The van der Waals surface area contributed by atoms with Gasteiger partial charge in [-0.2, -0.15) is 0 Å². The number of carbonyl (C=O) groups is 1. The number of nitrogens with zero attached hydrogens (tertiary/aromatic N) is 2. The van der Waals surface area contributed by atoms with Crippen LogP contribution in [0.2, 0.25) is 0 Å². The average molecular weight is 306 g/mol. The van der Waals surface area contributed by atoms with Crippen molar-refractivity contribution < 1.29 is 14.1 Å². The van der Waals surface area contributed by atoms with Crippen LogP contribution in [-0.4, -0.2) is 35.7 Å². The van der Waals surface area contributed by atoms with Gasteiger partial charge in [0.1, 0.15) is 12.3 Å². The minimum Gasteiger partial charge on any atom is -0.365 e. The molecule has 1 fully saturated rings. The molecule has 3 heterocycles. The smallest absolute Gasteiger partial charge is 0.248 e. The van der Waals surface area contributed by atoms with E-state index >= 15 is 0 Å².